The van der Waals surface area contributed by atoms with Crippen LogP contribution in [0.1, 0.15) is 1.43 Å². The fraction of sp³-hybridized carbons (Fsp3) is 0.250. The second-order valence-electron chi connectivity index (χ2n) is 2.10. The average Bonchev–Trinajstić information content (AvgIpc) is 2.02. The van der Waals surface area contributed by atoms with Crippen molar-refractivity contribution in [3.05, 3.63) is 25.3 Å². The van der Waals surface area contributed by atoms with E-state index >= 15 is 0 Å². The van der Waals surface area contributed by atoms with Gasteiger partial charge in [0.05, 0.1) is 0 Å². The third-order valence-electron chi connectivity index (χ3n) is 0.969. The molecule has 4 nitrogen and oxygen atoms in total. The number of hydrogen-bond donors (Lipinski definition) is 3. The van der Waals surface area contributed by atoms with Crippen LogP contribution in [0.25, 0.3) is 0 Å². The third kappa shape index (κ3) is 20.8. The minimum Gasteiger partial charge on any atom is -1.00 e. The summed E-state index contributed by atoms with van der Waals surface area (Å²) in [4.78, 5) is 21.2. The summed E-state index contributed by atoms with van der Waals surface area (Å²) in [5, 5.41) is -0.889. The molecule has 0 aromatic heterocycles. The van der Waals surface area contributed by atoms with Gasteiger partial charge >= 0.3 is 51.4 Å². The van der Waals surface area contributed by atoms with E-state index in [-0.39, 0.29) is 58.1 Å². The van der Waals surface area contributed by atoms with Gasteiger partial charge in [-0.2, -0.15) is 0 Å². The molecule has 7 heteroatoms. The Bertz CT molecular complexity index is 216. The van der Waals surface area contributed by atoms with Gasteiger partial charge in [-0.25, -0.2) is 0 Å². The first-order chi connectivity index (χ1) is 6.45. The molecule has 0 bridgehead atoms. The molecule has 0 spiro atoms. The van der Waals surface area contributed by atoms with Crippen LogP contribution in [0.3, 0.4) is 0 Å². The van der Waals surface area contributed by atoms with Crippen LogP contribution in [0.15, 0.2) is 25.3 Å². The fourth-order valence-electron chi connectivity index (χ4n) is 0.542. The maximum atomic E-state index is 10.6. The molecule has 0 radical (unpaired) electrons. The molecule has 0 fully saturated rings. The van der Waals surface area contributed by atoms with E-state index in [9.17, 15) is 4.79 Å². The fourth-order valence-corrected chi connectivity index (χ4v) is 0.706. The van der Waals surface area contributed by atoms with Gasteiger partial charge in [-0.05, 0) is 0 Å². The van der Waals surface area contributed by atoms with Crippen molar-refractivity contribution in [3.8, 4) is 0 Å². The van der Waals surface area contributed by atoms with Gasteiger partial charge < -0.3 is 12.1 Å². The van der Waals surface area contributed by atoms with Gasteiger partial charge in [0.25, 0.3) is 10.5 Å². The third-order valence-corrected chi connectivity index (χ3v) is 1.25. The molecule has 15 heavy (non-hydrogen) atoms. The molecule has 0 aliphatic rings. The first-order valence-electron chi connectivity index (χ1n) is 3.63. The molecule has 0 aromatic rings. The largest absolute Gasteiger partial charge is 1.00 e. The topological polar surface area (TPSA) is 63.4 Å². The summed E-state index contributed by atoms with van der Waals surface area (Å²) in [5.74, 6) is 0. The van der Waals surface area contributed by atoms with Crippen molar-refractivity contribution in [1.29, 1.82) is 0 Å². The van der Waals surface area contributed by atoms with Gasteiger partial charge in [0, 0.05) is 13.1 Å². The Morgan fingerprint density at radius 3 is 1.67 bits per heavy atom. The van der Waals surface area contributed by atoms with Crippen LogP contribution in [0, 0.1) is 0 Å². The molecule has 0 aliphatic heterocycles. The SMILES string of the molecule is C=CCN(CC=C)C(=O)S.NC(=O)S.[H-].[K+]. The van der Waals surface area contributed by atoms with Crippen molar-refractivity contribution < 1.29 is 62.4 Å². The Labute approximate surface area is 145 Å². The van der Waals surface area contributed by atoms with Crippen LogP contribution < -0.4 is 57.1 Å². The van der Waals surface area contributed by atoms with Crippen LogP contribution in [0.5, 0.6) is 0 Å². The van der Waals surface area contributed by atoms with Crippen LogP contribution in [0.2, 0.25) is 0 Å². The van der Waals surface area contributed by atoms with E-state index < -0.39 is 5.24 Å². The zero-order valence-electron chi connectivity index (χ0n) is 9.72. The van der Waals surface area contributed by atoms with Gasteiger partial charge in [-0.3, -0.25) is 9.59 Å². The number of nitrogens with zero attached hydrogens (tertiary/aromatic N) is 1. The molecule has 82 valence electrons. The van der Waals surface area contributed by atoms with Crippen LogP contribution >= 0.6 is 25.3 Å². The number of amides is 2. The molecule has 0 saturated heterocycles. The summed E-state index contributed by atoms with van der Waals surface area (Å²) >= 11 is 6.76. The molecule has 0 heterocycles. The molecule has 0 atom stereocenters. The molecule has 0 saturated carbocycles. The molecule has 0 aromatic carbocycles. The summed E-state index contributed by atoms with van der Waals surface area (Å²) in [6, 6.07) is 0. The van der Waals surface area contributed by atoms with Gasteiger partial charge in [0.15, 0.2) is 0 Å². The average molecular weight is 274 g/mol. The monoisotopic (exact) mass is 274 g/mol. The number of hydrogen-bond acceptors (Lipinski definition) is 2. The summed E-state index contributed by atoms with van der Waals surface area (Å²) in [6.07, 6.45) is 3.30. The summed E-state index contributed by atoms with van der Waals surface area (Å²) in [6.45, 7) is 8.05. The van der Waals surface area contributed by atoms with E-state index in [1.54, 1.807) is 12.2 Å². The molecule has 0 unspecified atom stereocenters. The molecule has 2 N–H and O–H groups in total. The first-order valence-corrected chi connectivity index (χ1v) is 4.53. The Balaban J connectivity index is -0.000000105. The Morgan fingerprint density at radius 1 is 1.27 bits per heavy atom. The summed E-state index contributed by atoms with van der Waals surface area (Å²) < 4.78 is 0. The second-order valence-corrected chi connectivity index (χ2v) is 2.93. The van der Waals surface area contributed by atoms with Crippen LogP contribution in [-0.4, -0.2) is 28.5 Å². The zero-order chi connectivity index (χ0) is 11.6. The van der Waals surface area contributed by atoms with Crippen molar-refractivity contribution in [2.45, 2.75) is 0 Å². The molecular formula is C8H15KN2O2S2. The van der Waals surface area contributed by atoms with E-state index in [1.165, 1.54) is 4.90 Å². The normalized spacial score (nSPS) is 7.33. The van der Waals surface area contributed by atoms with Gasteiger partial charge in [0.1, 0.15) is 0 Å². The van der Waals surface area contributed by atoms with E-state index in [1.807, 2.05) is 0 Å². The zero-order valence-corrected chi connectivity index (χ0v) is 13.6. The summed E-state index contributed by atoms with van der Waals surface area (Å²) in [7, 11) is 0. The van der Waals surface area contributed by atoms with Gasteiger partial charge in [-0.1, -0.05) is 37.4 Å². The van der Waals surface area contributed by atoms with Gasteiger partial charge in [-0.15, -0.1) is 13.2 Å². The summed E-state index contributed by atoms with van der Waals surface area (Å²) in [5.41, 5.74) is 4.34. The predicted octanol–water partition coefficient (Wildman–Crippen LogP) is -1.18. The smallest absolute Gasteiger partial charge is 1.00 e. The number of carbonyl (C=O) groups excluding carboxylic acids is 2. The van der Waals surface area contributed by atoms with Crippen molar-refractivity contribution in [1.82, 2.24) is 4.90 Å². The molecule has 0 aliphatic carbocycles. The quantitative estimate of drug-likeness (QED) is 0.343. The van der Waals surface area contributed by atoms with Crippen LogP contribution in [0.4, 0.5) is 9.59 Å². The van der Waals surface area contributed by atoms with Crippen molar-refractivity contribution in [2.24, 2.45) is 5.73 Å². The van der Waals surface area contributed by atoms with E-state index in [2.05, 4.69) is 44.1 Å². The van der Waals surface area contributed by atoms with Gasteiger partial charge in [0.2, 0.25) is 0 Å². The van der Waals surface area contributed by atoms with E-state index in [4.69, 9.17) is 4.79 Å². The number of rotatable bonds is 4. The number of carbonyl (C=O) groups is 2. The minimum absolute atomic E-state index is 0. The Kier molecular flexibility index (Phi) is 20.7. The minimum atomic E-state index is -0.639. The number of thiol groups is 2. The number of nitrogens with two attached hydrogens (primary N) is 1. The first kappa shape index (κ1) is 21.1. The second kappa shape index (κ2) is 14.8. The standard InChI is InChI=1S/C7H11NOS.CH3NOS.K.H/c1-3-5-8(6-4-2)7(9)10;2-1(3)4;;/h3-4H,1-2,5-6H2,(H,9,10);(H3,2,3,4);;/q;;+1;-1. The maximum Gasteiger partial charge on any atom is 1.00 e. The molecule has 0 rings (SSSR count). The van der Waals surface area contributed by atoms with E-state index in [0.717, 1.165) is 0 Å². The van der Waals surface area contributed by atoms with Crippen molar-refractivity contribution in [3.63, 3.8) is 0 Å². The van der Waals surface area contributed by atoms with Crippen molar-refractivity contribution >= 4 is 35.7 Å². The number of primary amides is 1. The molecular weight excluding hydrogens is 259 g/mol. The molecule has 2 amide bonds. The Morgan fingerprint density at radius 2 is 1.53 bits per heavy atom. The van der Waals surface area contributed by atoms with E-state index in [0.29, 0.717) is 13.1 Å². The maximum absolute atomic E-state index is 10.6. The van der Waals surface area contributed by atoms with Crippen molar-refractivity contribution in [2.75, 3.05) is 13.1 Å². The Hall–Kier alpha value is 0.756. The van der Waals surface area contributed by atoms with Crippen LogP contribution in [-0.2, 0) is 0 Å². The predicted molar refractivity (Wildman–Crippen MR) is 66.0 cm³/mol.